The van der Waals surface area contributed by atoms with E-state index in [0.29, 0.717) is 23.7 Å². The minimum Gasteiger partial charge on any atom is -0.493 e. The van der Waals surface area contributed by atoms with Crippen molar-refractivity contribution in [1.29, 1.82) is 0 Å². The Bertz CT molecular complexity index is 1530. The van der Waals surface area contributed by atoms with Gasteiger partial charge in [0.15, 0.2) is 11.5 Å². The summed E-state index contributed by atoms with van der Waals surface area (Å²) in [5, 5.41) is 2.16. The Morgan fingerprint density at radius 3 is 2.33 bits per heavy atom. The number of rotatable bonds is 10. The number of nitrogens with one attached hydrogen (secondary N) is 1. The molecule has 1 aliphatic heterocycles. The molecule has 0 atom stereocenters. The molecule has 0 aliphatic carbocycles. The predicted octanol–water partition coefficient (Wildman–Crippen LogP) is 3.91. The van der Waals surface area contributed by atoms with Crippen LogP contribution in [0.4, 0.5) is 4.79 Å². The standard InChI is InChI=1S/C28H26N2O8S/c1-3-15-37-24-14-13-19(16-25(24)36-2)18-30-27(32)22(26(31)29-28(30)33)17-20-9-7-8-12-23(20)38-39(34,35)21-10-5-4-6-11-21/h4-14,16-17H,3,15,18H2,1-2H3,(H,29,31,33)/b22-17+. The van der Waals surface area contributed by atoms with E-state index < -0.39 is 28.0 Å². The second-order valence-corrected chi connectivity index (χ2v) is 9.98. The number of methoxy groups -OCH3 is 1. The Balaban J connectivity index is 1.62. The topological polar surface area (TPSA) is 128 Å². The second-order valence-electron chi connectivity index (χ2n) is 8.43. The fourth-order valence-corrected chi connectivity index (χ4v) is 4.72. The molecule has 4 amide bonds. The van der Waals surface area contributed by atoms with E-state index >= 15 is 0 Å². The molecule has 0 bridgehead atoms. The number of carbonyl (C=O) groups excluding carboxylic acids is 3. The SMILES string of the molecule is CCCOc1ccc(CN2C(=O)NC(=O)/C(=C\c3ccccc3OS(=O)(=O)c3ccccc3)C2=O)cc1OC. The van der Waals surface area contributed by atoms with Crippen LogP contribution in [0.3, 0.4) is 0 Å². The second kappa shape index (κ2) is 11.8. The van der Waals surface area contributed by atoms with Crippen LogP contribution in [0.5, 0.6) is 17.2 Å². The van der Waals surface area contributed by atoms with E-state index in [1.807, 2.05) is 6.92 Å². The van der Waals surface area contributed by atoms with Crippen molar-refractivity contribution in [2.45, 2.75) is 24.8 Å². The van der Waals surface area contributed by atoms with Crippen LogP contribution in [-0.4, -0.2) is 44.9 Å². The largest absolute Gasteiger partial charge is 0.493 e. The highest BCUT2D eigenvalue weighted by atomic mass is 32.2. The van der Waals surface area contributed by atoms with Gasteiger partial charge in [-0.15, -0.1) is 0 Å². The highest BCUT2D eigenvalue weighted by Gasteiger charge is 2.36. The Kier molecular flexibility index (Phi) is 8.30. The molecule has 0 saturated carbocycles. The van der Waals surface area contributed by atoms with Gasteiger partial charge in [0.1, 0.15) is 16.2 Å². The van der Waals surface area contributed by atoms with Crippen LogP contribution in [0.15, 0.2) is 83.3 Å². The minimum atomic E-state index is -4.18. The summed E-state index contributed by atoms with van der Waals surface area (Å²) in [6, 6.07) is 17.7. The maximum Gasteiger partial charge on any atom is 0.339 e. The smallest absolute Gasteiger partial charge is 0.339 e. The normalized spacial score (nSPS) is 14.8. The molecule has 1 aliphatic rings. The molecule has 202 valence electrons. The maximum atomic E-state index is 13.3. The van der Waals surface area contributed by atoms with Crippen molar-refractivity contribution < 1.29 is 36.5 Å². The summed E-state index contributed by atoms with van der Waals surface area (Å²) < 4.78 is 41.8. The number of ether oxygens (including phenoxy) is 2. The lowest BCUT2D eigenvalue weighted by molar-refractivity contribution is -0.130. The van der Waals surface area contributed by atoms with Gasteiger partial charge >= 0.3 is 16.1 Å². The maximum absolute atomic E-state index is 13.3. The molecule has 1 N–H and O–H groups in total. The molecule has 3 aromatic rings. The van der Waals surface area contributed by atoms with Crippen molar-refractivity contribution in [3.8, 4) is 17.2 Å². The van der Waals surface area contributed by atoms with E-state index in [4.69, 9.17) is 13.7 Å². The van der Waals surface area contributed by atoms with Crippen molar-refractivity contribution >= 4 is 34.0 Å². The van der Waals surface area contributed by atoms with E-state index in [2.05, 4.69) is 5.32 Å². The molecule has 11 heteroatoms. The monoisotopic (exact) mass is 550 g/mol. The van der Waals surface area contributed by atoms with Crippen molar-refractivity contribution in [3.05, 3.63) is 89.5 Å². The van der Waals surface area contributed by atoms with Gasteiger partial charge in [0.2, 0.25) is 0 Å². The first-order chi connectivity index (χ1) is 18.7. The first kappa shape index (κ1) is 27.4. The molecule has 10 nitrogen and oxygen atoms in total. The molecule has 1 fully saturated rings. The van der Waals surface area contributed by atoms with Crippen LogP contribution in [0.2, 0.25) is 0 Å². The third-order valence-electron chi connectivity index (χ3n) is 5.67. The van der Waals surface area contributed by atoms with Crippen LogP contribution >= 0.6 is 0 Å². The van der Waals surface area contributed by atoms with E-state index in [1.165, 1.54) is 37.5 Å². The lowest BCUT2D eigenvalue weighted by atomic mass is 10.1. The third-order valence-corrected chi connectivity index (χ3v) is 6.91. The lowest BCUT2D eigenvalue weighted by Gasteiger charge is -2.26. The number of imide groups is 2. The highest BCUT2D eigenvalue weighted by molar-refractivity contribution is 7.87. The Labute approximate surface area is 225 Å². The van der Waals surface area contributed by atoms with Crippen molar-refractivity contribution in [1.82, 2.24) is 10.2 Å². The van der Waals surface area contributed by atoms with Gasteiger partial charge in [0.25, 0.3) is 11.8 Å². The molecule has 0 radical (unpaired) electrons. The number of hydrogen-bond donors (Lipinski definition) is 1. The van der Waals surface area contributed by atoms with Crippen molar-refractivity contribution in [2.24, 2.45) is 0 Å². The summed E-state index contributed by atoms with van der Waals surface area (Å²) >= 11 is 0. The molecule has 0 aromatic heterocycles. The van der Waals surface area contributed by atoms with E-state index in [0.717, 1.165) is 11.3 Å². The van der Waals surface area contributed by atoms with Gasteiger partial charge in [-0.1, -0.05) is 49.4 Å². The van der Waals surface area contributed by atoms with Gasteiger partial charge in [-0.3, -0.25) is 19.8 Å². The summed E-state index contributed by atoms with van der Waals surface area (Å²) in [6.07, 6.45) is 2.00. The quantitative estimate of drug-likeness (QED) is 0.229. The highest BCUT2D eigenvalue weighted by Crippen LogP contribution is 2.30. The van der Waals surface area contributed by atoms with Gasteiger partial charge in [-0.05, 0) is 48.4 Å². The van der Waals surface area contributed by atoms with Crippen LogP contribution in [-0.2, 0) is 26.3 Å². The number of carbonyl (C=O) groups is 3. The van der Waals surface area contributed by atoms with E-state index in [9.17, 15) is 22.8 Å². The summed E-state index contributed by atoms with van der Waals surface area (Å²) in [5.41, 5.74) is 0.354. The molecule has 0 unspecified atom stereocenters. The molecule has 4 rings (SSSR count). The van der Waals surface area contributed by atoms with Crippen molar-refractivity contribution in [3.63, 3.8) is 0 Å². The number of nitrogens with zero attached hydrogens (tertiary/aromatic N) is 1. The van der Waals surface area contributed by atoms with E-state index in [1.54, 1.807) is 48.5 Å². The summed E-state index contributed by atoms with van der Waals surface area (Å²) in [5.74, 6) is -0.901. The summed E-state index contributed by atoms with van der Waals surface area (Å²) in [4.78, 5) is 39.3. The number of hydrogen-bond acceptors (Lipinski definition) is 8. The van der Waals surface area contributed by atoms with Crippen molar-refractivity contribution in [2.75, 3.05) is 13.7 Å². The fourth-order valence-electron chi connectivity index (χ4n) is 3.75. The van der Waals surface area contributed by atoms with E-state index in [-0.39, 0.29) is 28.3 Å². The van der Waals surface area contributed by atoms with Gasteiger partial charge in [-0.2, -0.15) is 8.42 Å². The zero-order valence-electron chi connectivity index (χ0n) is 21.2. The number of amides is 4. The molecule has 1 heterocycles. The number of urea groups is 1. The Hall–Kier alpha value is -4.64. The first-order valence-electron chi connectivity index (χ1n) is 12.0. The van der Waals surface area contributed by atoms with Gasteiger partial charge in [0, 0.05) is 5.56 Å². The van der Waals surface area contributed by atoms with Crippen LogP contribution in [0.25, 0.3) is 6.08 Å². The minimum absolute atomic E-state index is 0.0581. The summed E-state index contributed by atoms with van der Waals surface area (Å²) in [7, 11) is -2.70. The van der Waals surface area contributed by atoms with Gasteiger partial charge in [0.05, 0.1) is 20.3 Å². The molecule has 0 spiro atoms. The Morgan fingerprint density at radius 2 is 1.62 bits per heavy atom. The third kappa shape index (κ3) is 6.27. The van der Waals surface area contributed by atoms with Crippen LogP contribution in [0.1, 0.15) is 24.5 Å². The molecule has 1 saturated heterocycles. The Morgan fingerprint density at radius 1 is 0.897 bits per heavy atom. The predicted molar refractivity (Wildman–Crippen MR) is 142 cm³/mol. The molecule has 3 aromatic carbocycles. The molecular weight excluding hydrogens is 524 g/mol. The average Bonchev–Trinajstić information content (AvgIpc) is 2.93. The van der Waals surface area contributed by atoms with Crippen LogP contribution < -0.4 is 19.0 Å². The lowest BCUT2D eigenvalue weighted by Crippen LogP contribution is -2.53. The summed E-state index contributed by atoms with van der Waals surface area (Å²) in [6.45, 7) is 2.32. The van der Waals surface area contributed by atoms with Gasteiger partial charge in [-0.25, -0.2) is 4.79 Å². The molecule has 39 heavy (non-hydrogen) atoms. The fraction of sp³-hybridized carbons (Fsp3) is 0.179. The average molecular weight is 551 g/mol. The molecular formula is C28H26N2O8S. The number of benzene rings is 3. The zero-order chi connectivity index (χ0) is 28.0. The zero-order valence-corrected chi connectivity index (χ0v) is 22.1. The van der Waals surface area contributed by atoms with Gasteiger partial charge < -0.3 is 13.7 Å². The van der Waals surface area contributed by atoms with Crippen LogP contribution in [0, 0.1) is 0 Å². The first-order valence-corrected chi connectivity index (χ1v) is 13.4. The number of barbiturate groups is 1. The number of para-hydroxylation sites is 1.